The monoisotopic (exact) mass is 619 g/mol. The van der Waals surface area contributed by atoms with E-state index in [1.165, 1.54) is 11.0 Å². The summed E-state index contributed by atoms with van der Waals surface area (Å²) >= 11 is 0. The zero-order chi connectivity index (χ0) is 33.2. The van der Waals surface area contributed by atoms with Gasteiger partial charge in [-0.3, -0.25) is 9.59 Å². The third-order valence-corrected chi connectivity index (χ3v) is 8.23. The molecule has 5 atom stereocenters. The molecule has 1 heterocycles. The van der Waals surface area contributed by atoms with Crippen molar-refractivity contribution in [2.75, 3.05) is 6.54 Å². The number of carbonyl (C=O) groups excluding carboxylic acids is 3. The summed E-state index contributed by atoms with van der Waals surface area (Å²) in [6.07, 6.45) is 0.619. The van der Waals surface area contributed by atoms with Crippen molar-refractivity contribution in [1.29, 1.82) is 0 Å². The summed E-state index contributed by atoms with van der Waals surface area (Å²) < 4.78 is 11.8. The summed E-state index contributed by atoms with van der Waals surface area (Å²) in [6, 6.07) is 15.8. The smallest absolute Gasteiger partial charge is 0.408 e. The second kappa shape index (κ2) is 13.0. The topological polar surface area (TPSA) is 134 Å². The molecular weight excluding hydrogens is 574 g/mol. The Morgan fingerprint density at radius 1 is 1.04 bits per heavy atom. The first kappa shape index (κ1) is 33.7. The molecule has 0 radical (unpaired) electrons. The minimum Gasteiger partial charge on any atom is -0.479 e. The van der Waals surface area contributed by atoms with Crippen molar-refractivity contribution >= 4 is 23.9 Å². The second-order valence-electron chi connectivity index (χ2n) is 14.0. The van der Waals surface area contributed by atoms with Gasteiger partial charge < -0.3 is 30.1 Å². The minimum absolute atomic E-state index is 0.0813. The molecule has 2 aromatic carbocycles. The first-order valence-electron chi connectivity index (χ1n) is 15.3. The zero-order valence-corrected chi connectivity index (χ0v) is 27.0. The van der Waals surface area contributed by atoms with Gasteiger partial charge in [-0.15, -0.1) is 6.58 Å². The number of amides is 3. The predicted octanol–water partition coefficient (Wildman–Crippen LogP) is 4.92. The Hall–Kier alpha value is -4.18. The number of aliphatic carboxylic acids is 1. The highest BCUT2D eigenvalue weighted by molar-refractivity contribution is 5.96. The largest absolute Gasteiger partial charge is 0.479 e. The van der Waals surface area contributed by atoms with Gasteiger partial charge >= 0.3 is 12.1 Å². The van der Waals surface area contributed by atoms with E-state index in [1.807, 2.05) is 75.4 Å². The van der Waals surface area contributed by atoms with E-state index in [2.05, 4.69) is 17.2 Å². The number of carboxylic acids is 1. The first-order chi connectivity index (χ1) is 21.1. The molecule has 10 heteroatoms. The lowest BCUT2D eigenvalue weighted by molar-refractivity contribution is -0.146. The quantitative estimate of drug-likeness (QED) is 0.321. The van der Waals surface area contributed by atoms with E-state index in [-0.39, 0.29) is 26.0 Å². The molecular formula is C35H45N3O7. The second-order valence-corrected chi connectivity index (χ2v) is 14.0. The van der Waals surface area contributed by atoms with Crippen LogP contribution < -0.4 is 10.6 Å². The Kier molecular flexibility index (Phi) is 9.77. The van der Waals surface area contributed by atoms with Gasteiger partial charge in [-0.25, -0.2) is 9.59 Å². The van der Waals surface area contributed by atoms with Gasteiger partial charge in [0.05, 0.1) is 12.7 Å². The van der Waals surface area contributed by atoms with Crippen molar-refractivity contribution in [2.45, 2.75) is 90.3 Å². The molecule has 45 heavy (non-hydrogen) atoms. The highest BCUT2D eigenvalue weighted by Crippen LogP contribution is 2.45. The molecule has 0 aromatic heterocycles. The molecule has 1 saturated heterocycles. The van der Waals surface area contributed by atoms with E-state index in [9.17, 15) is 24.3 Å². The van der Waals surface area contributed by atoms with Gasteiger partial charge in [0.15, 0.2) is 0 Å². The number of benzene rings is 2. The lowest BCUT2D eigenvalue weighted by Crippen LogP contribution is -2.59. The number of carbonyl (C=O) groups is 4. The minimum atomic E-state index is -1.46. The lowest BCUT2D eigenvalue weighted by Gasteiger charge is -2.36. The maximum Gasteiger partial charge on any atom is 0.408 e. The van der Waals surface area contributed by atoms with Gasteiger partial charge in [-0.1, -0.05) is 81.4 Å². The average Bonchev–Trinajstić information content (AvgIpc) is 3.52. The Bertz CT molecular complexity index is 1430. The molecule has 2 aromatic rings. The van der Waals surface area contributed by atoms with Gasteiger partial charge in [0.1, 0.15) is 23.2 Å². The maximum atomic E-state index is 14.2. The van der Waals surface area contributed by atoms with Crippen molar-refractivity contribution in [2.24, 2.45) is 11.3 Å². The van der Waals surface area contributed by atoms with Gasteiger partial charge in [0, 0.05) is 18.9 Å². The predicted molar refractivity (Wildman–Crippen MR) is 170 cm³/mol. The van der Waals surface area contributed by atoms with Crippen molar-refractivity contribution in [3.63, 3.8) is 0 Å². The van der Waals surface area contributed by atoms with Crippen LogP contribution in [0.5, 0.6) is 0 Å². The zero-order valence-electron chi connectivity index (χ0n) is 27.0. The number of likely N-dealkylation sites (tertiary alicyclic amines) is 1. The summed E-state index contributed by atoms with van der Waals surface area (Å²) in [5.74, 6) is -2.64. The number of rotatable bonds is 10. The molecule has 0 bridgehead atoms. The summed E-state index contributed by atoms with van der Waals surface area (Å²) in [4.78, 5) is 54.3. The molecule has 2 fully saturated rings. The van der Waals surface area contributed by atoms with Crippen LogP contribution in [0.25, 0.3) is 11.1 Å². The number of ether oxygens (including phenoxy) is 2. The lowest BCUT2D eigenvalue weighted by atomic mass is 9.85. The third kappa shape index (κ3) is 7.92. The van der Waals surface area contributed by atoms with Gasteiger partial charge in [-0.2, -0.15) is 0 Å². The molecule has 10 nitrogen and oxygen atoms in total. The molecule has 0 spiro atoms. The fraction of sp³-hybridized carbons (Fsp3) is 0.486. The molecule has 1 aliphatic heterocycles. The highest BCUT2D eigenvalue weighted by atomic mass is 16.6. The van der Waals surface area contributed by atoms with Crippen LogP contribution in [0.3, 0.4) is 0 Å². The maximum absolute atomic E-state index is 14.2. The average molecular weight is 620 g/mol. The molecule has 0 unspecified atom stereocenters. The SMILES string of the molecule is C=C[C@@H]1C[C@@]1(NC(=O)[C@@H]1C[C@@H](OCc2ccccc2-c2ccccc2)CN1C(=O)[C@@H](NC(=O)OC(C)(C)C)C(C)(C)C)C(=O)O. The van der Waals surface area contributed by atoms with Crippen LogP contribution in [0, 0.1) is 11.3 Å². The highest BCUT2D eigenvalue weighted by Gasteiger charge is 2.61. The van der Waals surface area contributed by atoms with Crippen LogP contribution >= 0.6 is 0 Å². The number of nitrogens with zero attached hydrogens (tertiary/aromatic N) is 1. The van der Waals surface area contributed by atoms with Crippen molar-refractivity contribution < 1.29 is 33.8 Å². The molecule has 1 aliphatic carbocycles. The van der Waals surface area contributed by atoms with Crippen LogP contribution in [0.15, 0.2) is 67.3 Å². The van der Waals surface area contributed by atoms with Crippen molar-refractivity contribution in [3.05, 3.63) is 72.8 Å². The number of carboxylic acid groups (broad SMARTS) is 1. The van der Waals surface area contributed by atoms with Crippen LogP contribution in [-0.4, -0.2) is 69.8 Å². The standard InChI is InChI=1S/C35H45N3O7/c1-8-24-19-35(24,31(41)42)37-29(39)27-18-25(44-21-23-16-12-13-17-26(23)22-14-10-9-11-15-22)20-38(27)30(40)28(33(2,3)4)36-32(43)45-34(5,6)7/h8-17,24-25,27-28H,1,18-21H2,2-7H3,(H,36,43)(H,37,39)(H,41,42)/t24-,25-,27+,28-,35+/m1/s1. The first-order valence-corrected chi connectivity index (χ1v) is 15.3. The number of alkyl carbamates (subject to hydrolysis) is 1. The van der Waals surface area contributed by atoms with E-state index in [1.54, 1.807) is 20.8 Å². The summed E-state index contributed by atoms with van der Waals surface area (Å²) in [5, 5.41) is 15.3. The Balaban J connectivity index is 1.59. The third-order valence-electron chi connectivity index (χ3n) is 8.23. The van der Waals surface area contributed by atoms with E-state index >= 15 is 0 Å². The van der Waals surface area contributed by atoms with Crippen LogP contribution in [0.1, 0.15) is 59.9 Å². The number of nitrogens with one attached hydrogen (secondary N) is 2. The van der Waals surface area contributed by atoms with Crippen LogP contribution in [-0.2, 0) is 30.5 Å². The van der Waals surface area contributed by atoms with Gasteiger partial charge in [0.2, 0.25) is 11.8 Å². The summed E-state index contributed by atoms with van der Waals surface area (Å²) in [7, 11) is 0. The van der Waals surface area contributed by atoms with Crippen molar-refractivity contribution in [3.8, 4) is 11.1 Å². The van der Waals surface area contributed by atoms with E-state index < -0.39 is 64.5 Å². The Labute approximate surface area is 265 Å². The van der Waals surface area contributed by atoms with E-state index in [0.29, 0.717) is 0 Å². The van der Waals surface area contributed by atoms with E-state index in [4.69, 9.17) is 9.47 Å². The number of hydrogen-bond donors (Lipinski definition) is 3. The molecule has 3 amide bonds. The molecule has 242 valence electrons. The Morgan fingerprint density at radius 3 is 2.27 bits per heavy atom. The fourth-order valence-electron chi connectivity index (χ4n) is 5.72. The van der Waals surface area contributed by atoms with Crippen molar-refractivity contribution in [1.82, 2.24) is 15.5 Å². The van der Waals surface area contributed by atoms with Gasteiger partial charge in [-0.05, 0) is 49.3 Å². The number of hydrogen-bond acceptors (Lipinski definition) is 6. The molecule has 3 N–H and O–H groups in total. The van der Waals surface area contributed by atoms with E-state index in [0.717, 1.165) is 16.7 Å². The summed E-state index contributed by atoms with van der Waals surface area (Å²) in [5.41, 5.74) is 0.0240. The summed E-state index contributed by atoms with van der Waals surface area (Å²) in [6.45, 7) is 14.6. The molecule has 2 aliphatic rings. The van der Waals surface area contributed by atoms with Crippen LogP contribution in [0.4, 0.5) is 4.79 Å². The Morgan fingerprint density at radius 2 is 1.69 bits per heavy atom. The fourth-order valence-corrected chi connectivity index (χ4v) is 5.72. The van der Waals surface area contributed by atoms with Gasteiger partial charge in [0.25, 0.3) is 0 Å². The van der Waals surface area contributed by atoms with Crippen LogP contribution in [0.2, 0.25) is 0 Å². The normalized spacial score (nSPS) is 23.5. The molecule has 1 saturated carbocycles. The molecule has 4 rings (SSSR count).